The smallest absolute Gasteiger partial charge is 0.233 e. The highest BCUT2D eigenvalue weighted by Gasteiger charge is 2.40. The molecule has 7 heteroatoms. The molecule has 0 aromatic carbocycles. The molecule has 2 aliphatic heterocycles. The lowest BCUT2D eigenvalue weighted by molar-refractivity contribution is -0.143. The van der Waals surface area contributed by atoms with Crippen molar-refractivity contribution in [3.63, 3.8) is 0 Å². The van der Waals surface area contributed by atoms with Crippen molar-refractivity contribution in [1.29, 1.82) is 0 Å². The quantitative estimate of drug-likeness (QED) is 0.838. The maximum atomic E-state index is 12.1. The van der Waals surface area contributed by atoms with E-state index >= 15 is 0 Å². The number of carbonyl (C=O) groups is 2. The highest BCUT2D eigenvalue weighted by atomic mass is 16.5. The summed E-state index contributed by atoms with van der Waals surface area (Å²) in [6.07, 6.45) is 5.04. The Labute approximate surface area is 141 Å². The molecule has 1 aromatic heterocycles. The fraction of sp³-hybridized carbons (Fsp3) is 0.765. The van der Waals surface area contributed by atoms with Crippen molar-refractivity contribution >= 4 is 11.8 Å². The first-order valence-electron chi connectivity index (χ1n) is 8.99. The number of piperidine rings is 1. The summed E-state index contributed by atoms with van der Waals surface area (Å²) in [6.45, 7) is 4.55. The Bertz CT molecular complexity index is 626. The predicted octanol–water partition coefficient (Wildman–Crippen LogP) is 1.52. The first-order valence-corrected chi connectivity index (χ1v) is 8.99. The molecule has 0 atom stereocenters. The molecule has 1 aliphatic carbocycles. The van der Waals surface area contributed by atoms with Crippen molar-refractivity contribution in [2.45, 2.75) is 50.9 Å². The standard InChI is InChI=1S/C17H24N4O3/c1-11(22)20-7-5-12(6-8-20)15-18-16(24-19-15)14-9-21(10-14)17(23)13-3-2-4-13/h12-14H,2-10H2,1H3. The van der Waals surface area contributed by atoms with Gasteiger partial charge in [0, 0.05) is 44.9 Å². The fourth-order valence-corrected chi connectivity index (χ4v) is 3.76. The lowest BCUT2D eigenvalue weighted by atomic mass is 9.83. The van der Waals surface area contributed by atoms with Crippen LogP contribution >= 0.6 is 0 Å². The Morgan fingerprint density at radius 3 is 2.33 bits per heavy atom. The summed E-state index contributed by atoms with van der Waals surface area (Å²) < 4.78 is 5.45. The SMILES string of the molecule is CC(=O)N1CCC(c2noc(C3CN(C(=O)C4CCC4)C3)n2)CC1. The summed E-state index contributed by atoms with van der Waals surface area (Å²) in [5.74, 6) is 2.57. The van der Waals surface area contributed by atoms with E-state index < -0.39 is 0 Å². The molecule has 2 saturated heterocycles. The van der Waals surface area contributed by atoms with Crippen molar-refractivity contribution in [2.75, 3.05) is 26.2 Å². The van der Waals surface area contributed by atoms with E-state index in [4.69, 9.17) is 4.52 Å². The molecule has 3 heterocycles. The summed E-state index contributed by atoms with van der Waals surface area (Å²) in [4.78, 5) is 31.9. The maximum Gasteiger partial charge on any atom is 0.233 e. The molecule has 0 spiro atoms. The number of rotatable bonds is 3. The van der Waals surface area contributed by atoms with E-state index in [0.29, 0.717) is 24.9 Å². The largest absolute Gasteiger partial charge is 0.343 e. The zero-order chi connectivity index (χ0) is 16.7. The molecular weight excluding hydrogens is 308 g/mol. The van der Waals surface area contributed by atoms with Gasteiger partial charge < -0.3 is 14.3 Å². The van der Waals surface area contributed by atoms with Gasteiger partial charge in [-0.15, -0.1) is 0 Å². The number of hydrogen-bond acceptors (Lipinski definition) is 5. The van der Waals surface area contributed by atoms with Gasteiger partial charge in [0.1, 0.15) is 0 Å². The van der Waals surface area contributed by atoms with Gasteiger partial charge in [0.25, 0.3) is 0 Å². The summed E-state index contributed by atoms with van der Waals surface area (Å²) in [5, 5.41) is 4.15. The van der Waals surface area contributed by atoms with E-state index in [1.54, 1.807) is 6.92 Å². The van der Waals surface area contributed by atoms with Gasteiger partial charge in [0.2, 0.25) is 17.7 Å². The average molecular weight is 332 g/mol. The van der Waals surface area contributed by atoms with Gasteiger partial charge in [-0.25, -0.2) is 0 Å². The summed E-state index contributed by atoms with van der Waals surface area (Å²) in [7, 11) is 0. The topological polar surface area (TPSA) is 79.5 Å². The van der Waals surface area contributed by atoms with E-state index in [1.165, 1.54) is 6.42 Å². The lowest BCUT2D eigenvalue weighted by Gasteiger charge is -2.41. The second-order valence-corrected chi connectivity index (χ2v) is 7.34. The zero-order valence-electron chi connectivity index (χ0n) is 14.1. The van der Waals surface area contributed by atoms with E-state index in [-0.39, 0.29) is 23.7 Å². The van der Waals surface area contributed by atoms with Gasteiger partial charge >= 0.3 is 0 Å². The first kappa shape index (κ1) is 15.6. The Kier molecular flexibility index (Phi) is 4.02. The molecule has 0 radical (unpaired) electrons. The number of hydrogen-bond donors (Lipinski definition) is 0. The van der Waals surface area contributed by atoms with Crippen LogP contribution in [-0.2, 0) is 9.59 Å². The molecule has 7 nitrogen and oxygen atoms in total. The van der Waals surface area contributed by atoms with Crippen molar-refractivity contribution < 1.29 is 14.1 Å². The highest BCUT2D eigenvalue weighted by Crippen LogP contribution is 2.34. The Hall–Kier alpha value is -1.92. The second kappa shape index (κ2) is 6.18. The van der Waals surface area contributed by atoms with Crippen LogP contribution in [0.4, 0.5) is 0 Å². The third-order valence-corrected chi connectivity index (χ3v) is 5.76. The molecule has 0 bridgehead atoms. The Morgan fingerprint density at radius 1 is 1.04 bits per heavy atom. The van der Waals surface area contributed by atoms with Gasteiger partial charge in [0.05, 0.1) is 5.92 Å². The van der Waals surface area contributed by atoms with Crippen molar-refractivity contribution in [3.8, 4) is 0 Å². The van der Waals surface area contributed by atoms with Crippen LogP contribution in [0.2, 0.25) is 0 Å². The van der Waals surface area contributed by atoms with Gasteiger partial charge in [0.15, 0.2) is 5.82 Å². The summed E-state index contributed by atoms with van der Waals surface area (Å²) in [6, 6.07) is 0. The third-order valence-electron chi connectivity index (χ3n) is 5.76. The van der Waals surface area contributed by atoms with Crippen molar-refractivity contribution in [3.05, 3.63) is 11.7 Å². The molecule has 130 valence electrons. The molecule has 1 aromatic rings. The van der Waals surface area contributed by atoms with Crippen LogP contribution in [-0.4, -0.2) is 57.9 Å². The number of amides is 2. The lowest BCUT2D eigenvalue weighted by Crippen LogP contribution is -2.51. The van der Waals surface area contributed by atoms with E-state index in [9.17, 15) is 9.59 Å². The van der Waals surface area contributed by atoms with Crippen LogP contribution in [0.1, 0.15) is 62.6 Å². The molecule has 2 amide bonds. The van der Waals surface area contributed by atoms with Gasteiger partial charge in [-0.05, 0) is 25.7 Å². The van der Waals surface area contributed by atoms with Crippen LogP contribution in [0.5, 0.6) is 0 Å². The maximum absolute atomic E-state index is 12.1. The summed E-state index contributed by atoms with van der Waals surface area (Å²) in [5.41, 5.74) is 0. The van der Waals surface area contributed by atoms with Crippen LogP contribution in [0.25, 0.3) is 0 Å². The number of aromatic nitrogens is 2. The van der Waals surface area contributed by atoms with Crippen LogP contribution in [0.15, 0.2) is 4.52 Å². The average Bonchev–Trinajstić information content (AvgIpc) is 2.93. The van der Waals surface area contributed by atoms with Crippen molar-refractivity contribution in [2.24, 2.45) is 5.92 Å². The molecule has 0 unspecified atom stereocenters. The van der Waals surface area contributed by atoms with E-state index in [1.807, 2.05) is 9.80 Å². The first-order chi connectivity index (χ1) is 11.6. The number of carbonyl (C=O) groups excluding carboxylic acids is 2. The third kappa shape index (κ3) is 2.80. The molecule has 3 fully saturated rings. The highest BCUT2D eigenvalue weighted by molar-refractivity contribution is 5.80. The molecular formula is C17H24N4O3. The van der Waals surface area contributed by atoms with E-state index in [0.717, 1.165) is 44.6 Å². The van der Waals surface area contributed by atoms with Crippen LogP contribution in [0.3, 0.4) is 0 Å². The van der Waals surface area contributed by atoms with Gasteiger partial charge in [-0.2, -0.15) is 4.98 Å². The zero-order valence-corrected chi connectivity index (χ0v) is 14.1. The van der Waals surface area contributed by atoms with Gasteiger partial charge in [-0.1, -0.05) is 11.6 Å². The molecule has 0 N–H and O–H groups in total. The molecule has 24 heavy (non-hydrogen) atoms. The summed E-state index contributed by atoms with van der Waals surface area (Å²) >= 11 is 0. The number of nitrogens with zero attached hydrogens (tertiary/aromatic N) is 4. The van der Waals surface area contributed by atoms with Crippen LogP contribution in [0, 0.1) is 5.92 Å². The second-order valence-electron chi connectivity index (χ2n) is 7.34. The Morgan fingerprint density at radius 2 is 1.75 bits per heavy atom. The fourth-order valence-electron chi connectivity index (χ4n) is 3.76. The van der Waals surface area contributed by atoms with E-state index in [2.05, 4.69) is 10.1 Å². The molecule has 1 saturated carbocycles. The predicted molar refractivity (Wildman–Crippen MR) is 85.2 cm³/mol. The number of likely N-dealkylation sites (tertiary alicyclic amines) is 2. The molecule has 3 aliphatic rings. The minimum absolute atomic E-state index is 0.132. The van der Waals surface area contributed by atoms with Crippen LogP contribution < -0.4 is 0 Å². The normalized spacial score (nSPS) is 23.0. The minimum Gasteiger partial charge on any atom is -0.343 e. The van der Waals surface area contributed by atoms with Crippen molar-refractivity contribution in [1.82, 2.24) is 19.9 Å². The minimum atomic E-state index is 0.132. The molecule has 4 rings (SSSR count). The monoisotopic (exact) mass is 332 g/mol. The Balaban J connectivity index is 1.30. The van der Waals surface area contributed by atoms with Gasteiger partial charge in [-0.3, -0.25) is 9.59 Å².